The Morgan fingerprint density at radius 3 is 2.54 bits per heavy atom. The molecule has 2 rings (SSSR count). The number of likely N-dealkylation sites (N-methyl/N-ethyl adjacent to an activating group) is 1. The maximum Gasteiger partial charge on any atom is 0.243 e. The molecule has 0 saturated carbocycles. The highest BCUT2D eigenvalue weighted by Gasteiger charge is 2.30. The normalized spacial score (nSPS) is 20.3. The molecular formula is C20H33IN4O. The third-order valence-electron chi connectivity index (χ3n) is 4.98. The topological polar surface area (TPSA) is 47.9 Å². The van der Waals surface area contributed by atoms with Gasteiger partial charge in [-0.1, -0.05) is 43.7 Å². The highest BCUT2D eigenvalue weighted by molar-refractivity contribution is 14.0. The summed E-state index contributed by atoms with van der Waals surface area (Å²) in [4.78, 5) is 20.3. The van der Waals surface area contributed by atoms with Crippen LogP contribution in [0.5, 0.6) is 0 Å². The Morgan fingerprint density at radius 1 is 1.27 bits per heavy atom. The minimum atomic E-state index is 0. The SMILES string of the molecule is CCNC(=NCC(=O)N(C)C)N1CCC(c2ccccc2)C(CC)C1.I. The molecule has 2 atom stereocenters. The van der Waals surface area contributed by atoms with Gasteiger partial charge in [-0.3, -0.25) is 4.79 Å². The van der Waals surface area contributed by atoms with Gasteiger partial charge in [0.15, 0.2) is 5.96 Å². The summed E-state index contributed by atoms with van der Waals surface area (Å²) in [7, 11) is 3.53. The first-order chi connectivity index (χ1) is 12.1. The molecule has 1 N–H and O–H groups in total. The van der Waals surface area contributed by atoms with Crippen molar-refractivity contribution >= 4 is 35.8 Å². The summed E-state index contributed by atoms with van der Waals surface area (Å²) in [6, 6.07) is 10.8. The molecule has 1 aliphatic rings. The van der Waals surface area contributed by atoms with Gasteiger partial charge in [-0.2, -0.15) is 0 Å². The van der Waals surface area contributed by atoms with Gasteiger partial charge in [0.2, 0.25) is 5.91 Å². The number of carbonyl (C=O) groups excluding carboxylic acids is 1. The van der Waals surface area contributed by atoms with Gasteiger partial charge in [-0.25, -0.2) is 4.99 Å². The Labute approximate surface area is 175 Å². The van der Waals surface area contributed by atoms with Gasteiger partial charge in [0.05, 0.1) is 0 Å². The third kappa shape index (κ3) is 6.14. The van der Waals surface area contributed by atoms with Gasteiger partial charge in [0.25, 0.3) is 0 Å². The molecule has 0 spiro atoms. The van der Waals surface area contributed by atoms with Crippen molar-refractivity contribution in [1.29, 1.82) is 0 Å². The standard InChI is InChI=1S/C20H32N4O.HI/c1-5-16-15-24(13-12-18(16)17-10-8-7-9-11-17)20(21-6-2)22-14-19(25)23(3)4;/h7-11,16,18H,5-6,12-15H2,1-4H3,(H,21,22);1H. The Bertz CT molecular complexity index is 576. The van der Waals surface area contributed by atoms with Crippen LogP contribution >= 0.6 is 24.0 Å². The van der Waals surface area contributed by atoms with Crippen molar-refractivity contribution in [3.63, 3.8) is 0 Å². The molecule has 0 aromatic heterocycles. The van der Waals surface area contributed by atoms with Gasteiger partial charge in [0, 0.05) is 33.7 Å². The van der Waals surface area contributed by atoms with Crippen LogP contribution in [0.3, 0.4) is 0 Å². The highest BCUT2D eigenvalue weighted by Crippen LogP contribution is 2.34. The first kappa shape index (κ1) is 22.7. The maximum atomic E-state index is 11.9. The number of carbonyl (C=O) groups is 1. The lowest BCUT2D eigenvalue weighted by molar-refractivity contribution is -0.127. The molecular weight excluding hydrogens is 439 g/mol. The molecule has 0 bridgehead atoms. The number of nitrogens with zero attached hydrogens (tertiary/aromatic N) is 3. The van der Waals surface area contributed by atoms with E-state index in [0.29, 0.717) is 11.8 Å². The maximum absolute atomic E-state index is 11.9. The van der Waals surface area contributed by atoms with Gasteiger partial charge in [-0.05, 0) is 30.7 Å². The Hall–Kier alpha value is -1.31. The minimum absolute atomic E-state index is 0. The number of hydrogen-bond acceptors (Lipinski definition) is 2. The molecule has 1 aromatic rings. The molecule has 1 amide bonds. The number of likely N-dealkylation sites (tertiary alicyclic amines) is 1. The minimum Gasteiger partial charge on any atom is -0.357 e. The van der Waals surface area contributed by atoms with E-state index in [2.05, 4.69) is 59.4 Å². The number of piperidine rings is 1. The fourth-order valence-corrected chi connectivity index (χ4v) is 3.49. The van der Waals surface area contributed by atoms with Crippen molar-refractivity contribution in [3.8, 4) is 0 Å². The molecule has 1 saturated heterocycles. The van der Waals surface area contributed by atoms with E-state index >= 15 is 0 Å². The summed E-state index contributed by atoms with van der Waals surface area (Å²) < 4.78 is 0. The fourth-order valence-electron chi connectivity index (χ4n) is 3.49. The second-order valence-electron chi connectivity index (χ2n) is 6.88. The monoisotopic (exact) mass is 472 g/mol. The zero-order valence-electron chi connectivity index (χ0n) is 16.4. The Morgan fingerprint density at radius 2 is 1.96 bits per heavy atom. The predicted octanol–water partition coefficient (Wildman–Crippen LogP) is 3.17. The van der Waals surface area contributed by atoms with Crippen molar-refractivity contribution in [3.05, 3.63) is 35.9 Å². The van der Waals surface area contributed by atoms with Crippen LogP contribution in [0.4, 0.5) is 0 Å². The molecule has 1 heterocycles. The van der Waals surface area contributed by atoms with Crippen LogP contribution in [-0.2, 0) is 4.79 Å². The summed E-state index contributed by atoms with van der Waals surface area (Å²) in [6.07, 6.45) is 2.26. The zero-order chi connectivity index (χ0) is 18.2. The summed E-state index contributed by atoms with van der Waals surface area (Å²) in [6.45, 7) is 7.30. The van der Waals surface area contributed by atoms with Crippen molar-refractivity contribution < 1.29 is 4.79 Å². The number of amides is 1. The summed E-state index contributed by atoms with van der Waals surface area (Å²) >= 11 is 0. The van der Waals surface area contributed by atoms with Crippen LogP contribution < -0.4 is 5.32 Å². The van der Waals surface area contributed by atoms with Crippen LogP contribution in [0.1, 0.15) is 38.2 Å². The lowest BCUT2D eigenvalue weighted by atomic mass is 9.79. The van der Waals surface area contributed by atoms with Crippen molar-refractivity contribution in [2.45, 2.75) is 32.6 Å². The van der Waals surface area contributed by atoms with Gasteiger partial charge >= 0.3 is 0 Å². The van der Waals surface area contributed by atoms with Crippen LogP contribution in [-0.4, -0.2) is 61.9 Å². The van der Waals surface area contributed by atoms with Crippen LogP contribution in [0.2, 0.25) is 0 Å². The second kappa shape index (κ2) is 11.4. The van der Waals surface area contributed by atoms with E-state index in [1.807, 2.05) is 0 Å². The quantitative estimate of drug-likeness (QED) is 0.407. The van der Waals surface area contributed by atoms with Crippen LogP contribution in [0.25, 0.3) is 0 Å². The molecule has 6 heteroatoms. The average molecular weight is 472 g/mol. The van der Waals surface area contributed by atoms with E-state index in [1.54, 1.807) is 19.0 Å². The summed E-state index contributed by atoms with van der Waals surface area (Å²) in [5.41, 5.74) is 1.44. The van der Waals surface area contributed by atoms with Gasteiger partial charge < -0.3 is 15.1 Å². The average Bonchev–Trinajstić information content (AvgIpc) is 2.64. The van der Waals surface area contributed by atoms with Crippen molar-refractivity contribution in [2.24, 2.45) is 10.9 Å². The summed E-state index contributed by atoms with van der Waals surface area (Å²) in [5, 5.41) is 3.35. The molecule has 146 valence electrons. The largest absolute Gasteiger partial charge is 0.357 e. The second-order valence-corrected chi connectivity index (χ2v) is 6.88. The van der Waals surface area contributed by atoms with E-state index in [1.165, 1.54) is 5.56 Å². The molecule has 26 heavy (non-hydrogen) atoms. The molecule has 5 nitrogen and oxygen atoms in total. The van der Waals surface area contributed by atoms with Crippen molar-refractivity contribution in [1.82, 2.24) is 15.1 Å². The van der Waals surface area contributed by atoms with E-state index in [9.17, 15) is 4.79 Å². The zero-order valence-corrected chi connectivity index (χ0v) is 18.8. The Balaban J connectivity index is 0.00000338. The number of benzene rings is 1. The highest BCUT2D eigenvalue weighted by atomic mass is 127. The summed E-state index contributed by atoms with van der Waals surface area (Å²) in [5.74, 6) is 2.10. The number of nitrogens with one attached hydrogen (secondary N) is 1. The fraction of sp³-hybridized carbons (Fsp3) is 0.600. The number of hydrogen-bond donors (Lipinski definition) is 1. The molecule has 1 aliphatic heterocycles. The lowest BCUT2D eigenvalue weighted by Crippen LogP contribution is -2.48. The number of aliphatic imine (C=N–C) groups is 1. The third-order valence-corrected chi connectivity index (χ3v) is 4.98. The van der Waals surface area contributed by atoms with Crippen molar-refractivity contribution in [2.75, 3.05) is 40.3 Å². The van der Waals surface area contributed by atoms with E-state index in [-0.39, 0.29) is 36.4 Å². The van der Waals surface area contributed by atoms with Gasteiger partial charge in [0.1, 0.15) is 6.54 Å². The van der Waals surface area contributed by atoms with E-state index in [0.717, 1.165) is 38.4 Å². The first-order valence-electron chi connectivity index (χ1n) is 9.35. The smallest absolute Gasteiger partial charge is 0.243 e. The molecule has 0 radical (unpaired) electrons. The molecule has 1 aromatic carbocycles. The van der Waals surface area contributed by atoms with E-state index < -0.39 is 0 Å². The number of halogens is 1. The van der Waals surface area contributed by atoms with E-state index in [4.69, 9.17) is 0 Å². The molecule has 1 fully saturated rings. The molecule has 2 unspecified atom stereocenters. The predicted molar refractivity (Wildman–Crippen MR) is 119 cm³/mol. The number of guanidine groups is 1. The lowest BCUT2D eigenvalue weighted by Gasteiger charge is -2.40. The molecule has 0 aliphatic carbocycles. The van der Waals surface area contributed by atoms with Crippen LogP contribution in [0, 0.1) is 5.92 Å². The first-order valence-corrected chi connectivity index (χ1v) is 9.35. The Kier molecular flexibility index (Phi) is 9.98. The number of rotatable bonds is 5. The van der Waals surface area contributed by atoms with Gasteiger partial charge in [-0.15, -0.1) is 24.0 Å². The van der Waals surface area contributed by atoms with Crippen LogP contribution in [0.15, 0.2) is 35.3 Å².